The molecule has 0 fully saturated rings. The topological polar surface area (TPSA) is 0 Å². The third-order valence-electron chi connectivity index (χ3n) is 1.83. The van der Waals surface area contributed by atoms with Crippen molar-refractivity contribution in [1.29, 1.82) is 0 Å². The SMILES string of the molecule is Fc1csc2c(CBr)cc(S)cc12. The number of fused-ring (bicyclic) bond motifs is 1. The number of halogens is 2. The van der Waals surface area contributed by atoms with Crippen molar-refractivity contribution in [1.82, 2.24) is 0 Å². The first kappa shape index (κ1) is 9.49. The van der Waals surface area contributed by atoms with Crippen LogP contribution >= 0.6 is 39.9 Å². The molecule has 68 valence electrons. The molecule has 1 aromatic heterocycles. The molecule has 0 saturated heterocycles. The zero-order valence-electron chi connectivity index (χ0n) is 6.55. The lowest BCUT2D eigenvalue weighted by Crippen LogP contribution is -1.79. The van der Waals surface area contributed by atoms with Crippen molar-refractivity contribution < 1.29 is 4.39 Å². The molecule has 4 heteroatoms. The molecule has 0 radical (unpaired) electrons. The van der Waals surface area contributed by atoms with Crippen LogP contribution in [-0.2, 0) is 5.33 Å². The molecular formula is C9H6BrFS2. The van der Waals surface area contributed by atoms with Gasteiger partial charge >= 0.3 is 0 Å². The second-order valence-corrected chi connectivity index (χ2v) is 4.66. The van der Waals surface area contributed by atoms with E-state index in [0.717, 1.165) is 20.5 Å². The fourth-order valence-corrected chi connectivity index (χ4v) is 3.09. The molecule has 2 aromatic rings. The average molecular weight is 277 g/mol. The second-order valence-electron chi connectivity index (χ2n) is 2.70. The lowest BCUT2D eigenvalue weighted by Gasteiger charge is -1.99. The summed E-state index contributed by atoms with van der Waals surface area (Å²) < 4.78 is 14.2. The Hall–Kier alpha value is -0.0600. The summed E-state index contributed by atoms with van der Waals surface area (Å²) in [5, 5.41) is 2.94. The number of alkyl halides is 1. The Kier molecular flexibility index (Phi) is 2.62. The fraction of sp³-hybridized carbons (Fsp3) is 0.111. The Morgan fingerprint density at radius 3 is 2.92 bits per heavy atom. The maximum Gasteiger partial charge on any atom is 0.141 e. The molecule has 0 atom stereocenters. The van der Waals surface area contributed by atoms with E-state index in [2.05, 4.69) is 28.6 Å². The lowest BCUT2D eigenvalue weighted by molar-refractivity contribution is 0.644. The normalized spacial score (nSPS) is 11.0. The summed E-state index contributed by atoms with van der Waals surface area (Å²) in [4.78, 5) is 0.805. The van der Waals surface area contributed by atoms with Gasteiger partial charge in [-0.15, -0.1) is 24.0 Å². The van der Waals surface area contributed by atoms with Gasteiger partial charge in [-0.2, -0.15) is 0 Å². The predicted molar refractivity (Wildman–Crippen MR) is 61.7 cm³/mol. The van der Waals surface area contributed by atoms with Crippen LogP contribution in [0.25, 0.3) is 10.1 Å². The Labute approximate surface area is 93.3 Å². The van der Waals surface area contributed by atoms with Gasteiger partial charge in [0.15, 0.2) is 0 Å². The van der Waals surface area contributed by atoms with Crippen LogP contribution in [0.3, 0.4) is 0 Å². The van der Waals surface area contributed by atoms with E-state index in [-0.39, 0.29) is 5.82 Å². The van der Waals surface area contributed by atoms with E-state index in [4.69, 9.17) is 0 Å². The molecule has 1 heterocycles. The van der Waals surface area contributed by atoms with Gasteiger partial charge in [0.25, 0.3) is 0 Å². The lowest BCUT2D eigenvalue weighted by atomic mass is 10.2. The molecule has 0 aliphatic rings. The van der Waals surface area contributed by atoms with E-state index >= 15 is 0 Å². The van der Waals surface area contributed by atoms with Gasteiger partial charge in [0.1, 0.15) is 5.82 Å². The number of benzene rings is 1. The Bertz CT molecular complexity index is 450. The second kappa shape index (κ2) is 3.59. The third kappa shape index (κ3) is 1.63. The first-order valence-electron chi connectivity index (χ1n) is 3.67. The Balaban J connectivity index is 2.84. The molecule has 0 unspecified atom stereocenters. The van der Waals surface area contributed by atoms with Crippen LogP contribution in [0.1, 0.15) is 5.56 Å². The van der Waals surface area contributed by atoms with E-state index in [1.165, 1.54) is 16.7 Å². The Morgan fingerprint density at radius 2 is 2.23 bits per heavy atom. The first-order valence-corrected chi connectivity index (χ1v) is 6.11. The molecule has 0 aliphatic heterocycles. The smallest absolute Gasteiger partial charge is 0.141 e. The number of hydrogen-bond donors (Lipinski definition) is 1. The number of thiol groups is 1. The summed E-state index contributed by atoms with van der Waals surface area (Å²) in [5.74, 6) is -0.155. The van der Waals surface area contributed by atoms with E-state index in [1.54, 1.807) is 6.07 Å². The molecule has 13 heavy (non-hydrogen) atoms. The van der Waals surface area contributed by atoms with Crippen molar-refractivity contribution in [2.45, 2.75) is 10.2 Å². The van der Waals surface area contributed by atoms with E-state index in [9.17, 15) is 4.39 Å². The van der Waals surface area contributed by atoms with Gasteiger partial charge in [-0.3, -0.25) is 0 Å². The summed E-state index contributed by atoms with van der Waals surface area (Å²) >= 11 is 9.03. The minimum atomic E-state index is -0.155. The summed E-state index contributed by atoms with van der Waals surface area (Å²) in [6, 6.07) is 3.71. The van der Waals surface area contributed by atoms with Crippen LogP contribution in [0.4, 0.5) is 4.39 Å². The zero-order valence-corrected chi connectivity index (χ0v) is 9.85. The Morgan fingerprint density at radius 1 is 1.46 bits per heavy atom. The van der Waals surface area contributed by atoms with E-state index in [0.29, 0.717) is 5.39 Å². The van der Waals surface area contributed by atoms with Crippen LogP contribution < -0.4 is 0 Å². The standard InChI is InChI=1S/C9H6BrFS2/c10-3-5-1-6(12)2-7-8(11)4-13-9(5)7/h1-2,4,12H,3H2. The van der Waals surface area contributed by atoms with Crippen LogP contribution in [0.15, 0.2) is 22.4 Å². The highest BCUT2D eigenvalue weighted by Gasteiger charge is 2.07. The third-order valence-corrected chi connectivity index (χ3v) is 3.74. The maximum atomic E-state index is 13.2. The first-order chi connectivity index (χ1) is 6.22. The van der Waals surface area contributed by atoms with Crippen molar-refractivity contribution in [2.24, 2.45) is 0 Å². The molecule has 0 spiro atoms. The summed E-state index contributed by atoms with van der Waals surface area (Å²) in [5.41, 5.74) is 1.09. The molecule has 0 N–H and O–H groups in total. The van der Waals surface area contributed by atoms with Crippen molar-refractivity contribution in [3.63, 3.8) is 0 Å². The van der Waals surface area contributed by atoms with Gasteiger partial charge in [-0.05, 0) is 17.7 Å². The van der Waals surface area contributed by atoms with Gasteiger partial charge in [-0.1, -0.05) is 15.9 Å². The highest BCUT2D eigenvalue weighted by atomic mass is 79.9. The highest BCUT2D eigenvalue weighted by molar-refractivity contribution is 9.08. The van der Waals surface area contributed by atoms with Crippen molar-refractivity contribution in [2.75, 3.05) is 0 Å². The molecular weight excluding hydrogens is 271 g/mol. The molecule has 1 aromatic carbocycles. The maximum absolute atomic E-state index is 13.2. The summed E-state index contributed by atoms with van der Waals surface area (Å²) in [6.45, 7) is 0. The van der Waals surface area contributed by atoms with Crippen molar-refractivity contribution in [3.05, 3.63) is 28.9 Å². The van der Waals surface area contributed by atoms with Gasteiger partial charge in [-0.25, -0.2) is 4.39 Å². The van der Waals surface area contributed by atoms with E-state index in [1.807, 2.05) is 6.07 Å². The summed E-state index contributed by atoms with van der Waals surface area (Å²) in [7, 11) is 0. The zero-order chi connectivity index (χ0) is 9.42. The quantitative estimate of drug-likeness (QED) is 0.585. The molecule has 0 amide bonds. The molecule has 2 rings (SSSR count). The molecule has 0 bridgehead atoms. The number of rotatable bonds is 1. The molecule has 0 saturated carbocycles. The monoisotopic (exact) mass is 276 g/mol. The molecule has 0 aliphatic carbocycles. The van der Waals surface area contributed by atoms with Crippen LogP contribution in [0.5, 0.6) is 0 Å². The minimum Gasteiger partial charge on any atom is -0.205 e. The van der Waals surface area contributed by atoms with E-state index < -0.39 is 0 Å². The highest BCUT2D eigenvalue weighted by Crippen LogP contribution is 2.31. The molecule has 0 nitrogen and oxygen atoms in total. The summed E-state index contributed by atoms with van der Waals surface area (Å²) in [6.07, 6.45) is 0. The van der Waals surface area contributed by atoms with Crippen LogP contribution in [0.2, 0.25) is 0 Å². The van der Waals surface area contributed by atoms with Gasteiger partial charge in [0, 0.05) is 25.7 Å². The van der Waals surface area contributed by atoms with Crippen LogP contribution in [-0.4, -0.2) is 0 Å². The van der Waals surface area contributed by atoms with Crippen LogP contribution in [0, 0.1) is 5.82 Å². The predicted octanol–water partition coefficient (Wildman–Crippen LogP) is 4.22. The van der Waals surface area contributed by atoms with Gasteiger partial charge < -0.3 is 0 Å². The number of thiophene rings is 1. The largest absolute Gasteiger partial charge is 0.205 e. The van der Waals surface area contributed by atoms with Gasteiger partial charge in [0.05, 0.1) is 0 Å². The fourth-order valence-electron chi connectivity index (χ4n) is 1.26. The minimum absolute atomic E-state index is 0.155. The van der Waals surface area contributed by atoms with Crippen molar-refractivity contribution in [3.8, 4) is 0 Å². The average Bonchev–Trinajstić information content (AvgIpc) is 2.47. The van der Waals surface area contributed by atoms with Crippen molar-refractivity contribution >= 4 is 50.0 Å². The van der Waals surface area contributed by atoms with Gasteiger partial charge in [0.2, 0.25) is 0 Å². The number of hydrogen-bond acceptors (Lipinski definition) is 2.